The van der Waals surface area contributed by atoms with Crippen LogP contribution in [0, 0.1) is 12.8 Å². The summed E-state index contributed by atoms with van der Waals surface area (Å²) >= 11 is 0. The Balaban J connectivity index is 1.26. The van der Waals surface area contributed by atoms with Gasteiger partial charge in [0.15, 0.2) is 0 Å². The van der Waals surface area contributed by atoms with Gasteiger partial charge in [-0.2, -0.15) is 0 Å². The predicted molar refractivity (Wildman–Crippen MR) is 141 cm³/mol. The van der Waals surface area contributed by atoms with Crippen molar-refractivity contribution < 1.29 is 9.59 Å². The van der Waals surface area contributed by atoms with Crippen LogP contribution in [0.3, 0.4) is 0 Å². The summed E-state index contributed by atoms with van der Waals surface area (Å²) in [4.78, 5) is 36.4. The lowest BCUT2D eigenvalue weighted by atomic mass is 9.95. The molecule has 2 saturated heterocycles. The minimum atomic E-state index is -0.154. The number of aromatic nitrogens is 1. The van der Waals surface area contributed by atoms with E-state index in [-0.39, 0.29) is 18.4 Å². The van der Waals surface area contributed by atoms with Crippen molar-refractivity contribution in [1.29, 1.82) is 0 Å². The molecule has 2 fully saturated rings. The van der Waals surface area contributed by atoms with E-state index in [0.717, 1.165) is 54.6 Å². The van der Waals surface area contributed by atoms with Crippen molar-refractivity contribution in [1.82, 2.24) is 14.8 Å². The Morgan fingerprint density at radius 1 is 0.971 bits per heavy atom. The highest BCUT2D eigenvalue weighted by Gasteiger charge is 2.28. The molecule has 0 radical (unpaired) electrons. The van der Waals surface area contributed by atoms with Crippen LogP contribution in [0.5, 0.6) is 0 Å². The average Bonchev–Trinajstić information content (AvgIpc) is 3.28. The van der Waals surface area contributed by atoms with E-state index in [1.54, 1.807) is 4.90 Å². The number of H-pyrrole nitrogens is 1. The van der Waals surface area contributed by atoms with E-state index >= 15 is 0 Å². The summed E-state index contributed by atoms with van der Waals surface area (Å²) in [5, 5.41) is 1.11. The van der Waals surface area contributed by atoms with Gasteiger partial charge in [0.05, 0.1) is 0 Å². The summed E-state index contributed by atoms with van der Waals surface area (Å²) in [7, 11) is 0. The van der Waals surface area contributed by atoms with Crippen LogP contribution in [-0.4, -0.2) is 65.9 Å². The minimum absolute atomic E-state index is 0.0235. The first kappa shape index (κ1) is 23.6. The van der Waals surface area contributed by atoms with Gasteiger partial charge in [0, 0.05) is 48.0 Å². The van der Waals surface area contributed by atoms with Gasteiger partial charge in [-0.25, -0.2) is 0 Å². The number of piperidine rings is 2. The lowest BCUT2D eigenvalue weighted by Gasteiger charge is -2.36. The third-order valence-electron chi connectivity index (χ3n) is 7.67. The summed E-state index contributed by atoms with van der Waals surface area (Å²) < 4.78 is 0. The Morgan fingerprint density at radius 3 is 2.46 bits per heavy atom. The van der Waals surface area contributed by atoms with E-state index < -0.39 is 0 Å². The number of benzene rings is 2. The number of anilines is 1. The maximum atomic E-state index is 13.6. The zero-order valence-corrected chi connectivity index (χ0v) is 20.7. The lowest BCUT2D eigenvalue weighted by molar-refractivity contribution is -0.131. The fraction of sp³-hybridized carbons (Fsp3) is 0.448. The average molecular weight is 473 g/mol. The highest BCUT2D eigenvalue weighted by atomic mass is 16.2. The second kappa shape index (κ2) is 10.6. The van der Waals surface area contributed by atoms with Crippen molar-refractivity contribution in [3.05, 3.63) is 65.9 Å². The number of aryl methyl sites for hydroxylation is 1. The first-order valence-electron chi connectivity index (χ1n) is 13.0. The van der Waals surface area contributed by atoms with Gasteiger partial charge in [-0.3, -0.25) is 14.5 Å². The van der Waals surface area contributed by atoms with Crippen molar-refractivity contribution in [3.8, 4) is 0 Å². The smallest absolute Gasteiger partial charge is 0.258 e. The van der Waals surface area contributed by atoms with Crippen LogP contribution < -0.4 is 4.90 Å². The molecule has 6 nitrogen and oxygen atoms in total. The number of carbonyl (C=O) groups is 2. The number of carbonyl (C=O) groups excluding carboxylic acids is 2. The van der Waals surface area contributed by atoms with Crippen molar-refractivity contribution in [2.24, 2.45) is 5.92 Å². The summed E-state index contributed by atoms with van der Waals surface area (Å²) in [5.74, 6) is 0.536. The maximum absolute atomic E-state index is 13.6. The van der Waals surface area contributed by atoms with E-state index in [0.29, 0.717) is 11.5 Å². The molecule has 2 aromatic carbocycles. The number of amides is 2. The number of fused-ring (bicyclic) bond motifs is 1. The largest absolute Gasteiger partial charge is 0.361 e. The van der Waals surface area contributed by atoms with Crippen molar-refractivity contribution >= 4 is 28.4 Å². The van der Waals surface area contributed by atoms with E-state index in [4.69, 9.17) is 0 Å². The van der Waals surface area contributed by atoms with E-state index in [2.05, 4.69) is 9.88 Å². The third kappa shape index (κ3) is 5.43. The van der Waals surface area contributed by atoms with Gasteiger partial charge in [-0.05, 0) is 81.4 Å². The van der Waals surface area contributed by atoms with Gasteiger partial charge >= 0.3 is 0 Å². The number of nitrogens with zero attached hydrogens (tertiary/aromatic N) is 3. The second-order valence-corrected chi connectivity index (χ2v) is 10.1. The number of nitrogens with one attached hydrogen (secondary N) is 1. The zero-order valence-electron chi connectivity index (χ0n) is 20.7. The van der Waals surface area contributed by atoms with E-state index in [1.165, 1.54) is 32.4 Å². The highest BCUT2D eigenvalue weighted by molar-refractivity contribution is 6.10. The molecular formula is C29H36N4O2. The maximum Gasteiger partial charge on any atom is 0.258 e. The normalized spacial score (nSPS) is 17.6. The van der Waals surface area contributed by atoms with Crippen molar-refractivity contribution in [2.75, 3.05) is 44.2 Å². The SMILES string of the molecule is Cc1c[nH]c2cc(C(=O)N(CC(=O)N3CCC(CN4CCCCC4)CC3)c3ccccc3)ccc12. The Hall–Kier alpha value is -3.12. The third-order valence-corrected chi connectivity index (χ3v) is 7.67. The molecule has 2 amide bonds. The van der Waals surface area contributed by atoms with Crippen LogP contribution in [0.15, 0.2) is 54.7 Å². The van der Waals surface area contributed by atoms with Gasteiger partial charge < -0.3 is 14.8 Å². The molecule has 5 rings (SSSR count). The number of para-hydroxylation sites is 1. The first-order chi connectivity index (χ1) is 17.1. The first-order valence-corrected chi connectivity index (χ1v) is 13.0. The van der Waals surface area contributed by atoms with Crippen LogP contribution >= 0.6 is 0 Å². The number of hydrogen-bond acceptors (Lipinski definition) is 3. The van der Waals surface area contributed by atoms with Crippen LogP contribution in [0.1, 0.15) is 48.0 Å². The molecule has 0 atom stereocenters. The molecule has 2 aliphatic rings. The molecule has 0 unspecified atom stereocenters. The van der Waals surface area contributed by atoms with Gasteiger partial charge in [-0.1, -0.05) is 30.7 Å². The topological polar surface area (TPSA) is 59.7 Å². The molecule has 0 spiro atoms. The fourth-order valence-electron chi connectivity index (χ4n) is 5.56. The molecule has 35 heavy (non-hydrogen) atoms. The number of aromatic amines is 1. The molecule has 6 heteroatoms. The van der Waals surface area contributed by atoms with Gasteiger partial charge in [0.25, 0.3) is 5.91 Å². The summed E-state index contributed by atoms with van der Waals surface area (Å²) in [5.41, 5.74) is 3.41. The van der Waals surface area contributed by atoms with Gasteiger partial charge in [-0.15, -0.1) is 0 Å². The predicted octanol–water partition coefficient (Wildman–Crippen LogP) is 4.85. The quantitative estimate of drug-likeness (QED) is 0.558. The van der Waals surface area contributed by atoms with Crippen molar-refractivity contribution in [2.45, 2.75) is 39.0 Å². The molecule has 0 aliphatic carbocycles. The highest BCUT2D eigenvalue weighted by Crippen LogP contribution is 2.24. The van der Waals surface area contributed by atoms with Crippen molar-refractivity contribution in [3.63, 3.8) is 0 Å². The Bertz CT molecular complexity index is 1160. The fourth-order valence-corrected chi connectivity index (χ4v) is 5.56. The van der Waals surface area contributed by atoms with Crippen LogP contribution in [0.4, 0.5) is 5.69 Å². The minimum Gasteiger partial charge on any atom is -0.361 e. The summed E-state index contributed by atoms with van der Waals surface area (Å²) in [6.45, 7) is 7.27. The Morgan fingerprint density at radius 2 is 1.71 bits per heavy atom. The molecule has 0 bridgehead atoms. The molecule has 184 valence electrons. The Labute approximate surface area is 207 Å². The second-order valence-electron chi connectivity index (χ2n) is 10.1. The molecule has 2 aliphatic heterocycles. The molecule has 3 heterocycles. The molecule has 0 saturated carbocycles. The number of likely N-dealkylation sites (tertiary alicyclic amines) is 2. The van der Waals surface area contributed by atoms with Crippen LogP contribution in [0.25, 0.3) is 10.9 Å². The van der Waals surface area contributed by atoms with Gasteiger partial charge in [0.1, 0.15) is 6.54 Å². The molecule has 1 aromatic heterocycles. The van der Waals surface area contributed by atoms with Gasteiger partial charge in [0.2, 0.25) is 5.91 Å². The monoisotopic (exact) mass is 472 g/mol. The molecule has 1 N–H and O–H groups in total. The van der Waals surface area contributed by atoms with Crippen LogP contribution in [0.2, 0.25) is 0 Å². The molecule has 3 aromatic rings. The Kier molecular flexibility index (Phi) is 7.19. The molecular weight excluding hydrogens is 436 g/mol. The van der Waals surface area contributed by atoms with E-state index in [1.807, 2.05) is 66.6 Å². The lowest BCUT2D eigenvalue weighted by Crippen LogP contribution is -2.47. The van der Waals surface area contributed by atoms with Crippen LogP contribution in [-0.2, 0) is 4.79 Å². The number of hydrogen-bond donors (Lipinski definition) is 1. The summed E-state index contributed by atoms with van der Waals surface area (Å²) in [6.07, 6.45) is 8.04. The van der Waals surface area contributed by atoms with E-state index in [9.17, 15) is 9.59 Å². The summed E-state index contributed by atoms with van der Waals surface area (Å²) in [6, 6.07) is 15.3. The standard InChI is InChI=1S/C29H36N4O2/c1-22-19-30-27-18-24(10-11-26(22)27)29(35)33(25-8-4-2-5-9-25)21-28(34)32-16-12-23(13-17-32)20-31-14-6-3-7-15-31/h2,4-5,8-11,18-19,23,30H,3,6-7,12-17,20-21H2,1H3. The number of rotatable bonds is 6. The zero-order chi connectivity index (χ0) is 24.2.